The number of benzene rings is 1. The van der Waals surface area contributed by atoms with E-state index < -0.39 is 0 Å². The largest absolute Gasteiger partial charge is 0.315 e. The van der Waals surface area contributed by atoms with Crippen molar-refractivity contribution in [2.24, 2.45) is 5.92 Å². The molecule has 1 saturated heterocycles. The molecule has 0 spiro atoms. The van der Waals surface area contributed by atoms with Crippen LogP contribution in [-0.2, 0) is 6.42 Å². The van der Waals surface area contributed by atoms with Crippen molar-refractivity contribution in [1.29, 1.82) is 0 Å². The molecule has 1 N–H and O–H groups in total. The normalized spacial score (nSPS) is 30.4. The van der Waals surface area contributed by atoms with Gasteiger partial charge in [0, 0.05) is 18.6 Å². The summed E-state index contributed by atoms with van der Waals surface area (Å²) in [6.45, 7) is 2.46. The molecule has 0 radical (unpaired) electrons. The second-order valence-corrected chi connectivity index (χ2v) is 7.08. The third kappa shape index (κ3) is 3.88. The van der Waals surface area contributed by atoms with Crippen molar-refractivity contribution in [2.45, 2.75) is 57.0 Å². The van der Waals surface area contributed by atoms with E-state index in [1.165, 1.54) is 57.2 Å². The highest BCUT2D eigenvalue weighted by atomic mass is 19.1. The minimum absolute atomic E-state index is 0.131. The Kier molecular flexibility index (Phi) is 5.48. The number of piperidine rings is 1. The van der Waals surface area contributed by atoms with Crippen molar-refractivity contribution in [2.75, 3.05) is 20.1 Å². The summed E-state index contributed by atoms with van der Waals surface area (Å²) in [4.78, 5) is 2.73. The molecule has 1 aliphatic heterocycles. The van der Waals surface area contributed by atoms with Gasteiger partial charge in [0.25, 0.3) is 0 Å². The Morgan fingerprint density at radius 1 is 1.09 bits per heavy atom. The number of halogens is 1. The third-order valence-electron chi connectivity index (χ3n) is 5.56. The molecule has 1 aromatic rings. The van der Waals surface area contributed by atoms with E-state index in [0.717, 1.165) is 18.4 Å². The Morgan fingerprint density at radius 2 is 1.86 bits per heavy atom. The first-order chi connectivity index (χ1) is 10.8. The highest BCUT2D eigenvalue weighted by molar-refractivity contribution is 5.16. The van der Waals surface area contributed by atoms with E-state index in [9.17, 15) is 4.39 Å². The molecule has 3 heteroatoms. The fourth-order valence-electron chi connectivity index (χ4n) is 4.40. The van der Waals surface area contributed by atoms with Gasteiger partial charge in [-0.05, 0) is 69.3 Å². The summed E-state index contributed by atoms with van der Waals surface area (Å²) in [6, 6.07) is 8.46. The molecule has 2 aliphatic rings. The van der Waals surface area contributed by atoms with Crippen LogP contribution in [0.2, 0.25) is 0 Å². The fourth-order valence-corrected chi connectivity index (χ4v) is 4.40. The molecule has 3 unspecified atom stereocenters. The van der Waals surface area contributed by atoms with Crippen LogP contribution in [0.1, 0.15) is 44.1 Å². The topological polar surface area (TPSA) is 15.3 Å². The fraction of sp³-hybridized carbons (Fsp3) is 0.684. The zero-order chi connectivity index (χ0) is 15.4. The van der Waals surface area contributed by atoms with Crippen LogP contribution in [0.5, 0.6) is 0 Å². The Labute approximate surface area is 134 Å². The molecule has 1 aliphatic carbocycles. The van der Waals surface area contributed by atoms with E-state index in [1.807, 2.05) is 12.1 Å². The van der Waals surface area contributed by atoms with Gasteiger partial charge in [-0.1, -0.05) is 25.0 Å². The number of nitrogens with one attached hydrogen (secondary N) is 1. The van der Waals surface area contributed by atoms with Gasteiger partial charge >= 0.3 is 0 Å². The molecule has 0 amide bonds. The van der Waals surface area contributed by atoms with Crippen LogP contribution >= 0.6 is 0 Å². The summed E-state index contributed by atoms with van der Waals surface area (Å²) in [6.07, 6.45) is 9.11. The highest BCUT2D eigenvalue weighted by Gasteiger charge is 2.32. The van der Waals surface area contributed by atoms with Gasteiger partial charge in [0.05, 0.1) is 0 Å². The van der Waals surface area contributed by atoms with Crippen LogP contribution < -0.4 is 5.32 Å². The first-order valence-corrected chi connectivity index (χ1v) is 8.92. The van der Waals surface area contributed by atoms with Gasteiger partial charge in [-0.25, -0.2) is 4.39 Å². The van der Waals surface area contributed by atoms with Crippen molar-refractivity contribution in [3.8, 4) is 0 Å². The second-order valence-electron chi connectivity index (χ2n) is 7.08. The Hall–Kier alpha value is -0.930. The third-order valence-corrected chi connectivity index (χ3v) is 5.56. The average molecular weight is 304 g/mol. The van der Waals surface area contributed by atoms with Crippen molar-refractivity contribution >= 4 is 0 Å². The van der Waals surface area contributed by atoms with Crippen molar-refractivity contribution in [3.63, 3.8) is 0 Å². The lowest BCUT2D eigenvalue weighted by Crippen LogP contribution is -2.53. The van der Waals surface area contributed by atoms with Gasteiger partial charge in [0.2, 0.25) is 0 Å². The maximum atomic E-state index is 13.0. The van der Waals surface area contributed by atoms with Crippen LogP contribution in [0.4, 0.5) is 4.39 Å². The molecule has 0 bridgehead atoms. The van der Waals surface area contributed by atoms with Gasteiger partial charge in [-0.3, -0.25) is 4.90 Å². The van der Waals surface area contributed by atoms with Crippen molar-refractivity contribution in [3.05, 3.63) is 35.6 Å². The molecule has 3 atom stereocenters. The predicted octanol–water partition coefficient (Wildman–Crippen LogP) is 3.61. The van der Waals surface area contributed by atoms with Crippen molar-refractivity contribution in [1.82, 2.24) is 10.2 Å². The lowest BCUT2D eigenvalue weighted by Gasteiger charge is -2.44. The minimum Gasteiger partial charge on any atom is -0.315 e. The highest BCUT2D eigenvalue weighted by Crippen LogP contribution is 2.28. The molecule has 2 fully saturated rings. The van der Waals surface area contributed by atoms with Crippen LogP contribution in [0.3, 0.4) is 0 Å². The summed E-state index contributed by atoms with van der Waals surface area (Å²) in [5.74, 6) is 0.590. The van der Waals surface area contributed by atoms with Gasteiger partial charge in [0.15, 0.2) is 0 Å². The molecule has 1 aromatic carbocycles. The van der Waals surface area contributed by atoms with E-state index in [-0.39, 0.29) is 5.82 Å². The molecule has 2 nitrogen and oxygen atoms in total. The molecular formula is C19H29FN2. The molecular weight excluding hydrogens is 275 g/mol. The average Bonchev–Trinajstić information content (AvgIpc) is 2.57. The van der Waals surface area contributed by atoms with E-state index in [4.69, 9.17) is 0 Å². The second kappa shape index (κ2) is 7.56. The van der Waals surface area contributed by atoms with E-state index >= 15 is 0 Å². The van der Waals surface area contributed by atoms with E-state index in [2.05, 4.69) is 17.3 Å². The van der Waals surface area contributed by atoms with E-state index in [0.29, 0.717) is 6.04 Å². The maximum Gasteiger partial charge on any atom is 0.123 e. The first kappa shape index (κ1) is 15.9. The quantitative estimate of drug-likeness (QED) is 0.914. The van der Waals surface area contributed by atoms with Gasteiger partial charge in [-0.2, -0.15) is 0 Å². The molecule has 122 valence electrons. The summed E-state index contributed by atoms with van der Waals surface area (Å²) in [5.41, 5.74) is 1.28. The van der Waals surface area contributed by atoms with Crippen LogP contribution in [0, 0.1) is 11.7 Å². The smallest absolute Gasteiger partial charge is 0.123 e. The number of likely N-dealkylation sites (N-methyl/N-ethyl adjacent to an activating group) is 1. The first-order valence-electron chi connectivity index (χ1n) is 8.92. The standard InChI is InChI=1S/C19H29FN2/c1-21-18-6-2-3-7-19(18)22-12-4-5-16(14-22)13-15-8-10-17(20)11-9-15/h8-11,16,18-19,21H,2-7,12-14H2,1H3. The zero-order valence-electron chi connectivity index (χ0n) is 13.7. The monoisotopic (exact) mass is 304 g/mol. The van der Waals surface area contributed by atoms with Crippen molar-refractivity contribution < 1.29 is 4.39 Å². The Balaban J connectivity index is 1.59. The summed E-state index contributed by atoms with van der Waals surface area (Å²) in [5, 5.41) is 3.54. The maximum absolute atomic E-state index is 13.0. The lowest BCUT2D eigenvalue weighted by atomic mass is 9.85. The summed E-state index contributed by atoms with van der Waals surface area (Å²) in [7, 11) is 2.11. The SMILES string of the molecule is CNC1CCCCC1N1CCCC(Cc2ccc(F)cc2)C1. The van der Waals surface area contributed by atoms with Crippen LogP contribution in [-0.4, -0.2) is 37.1 Å². The molecule has 22 heavy (non-hydrogen) atoms. The zero-order valence-corrected chi connectivity index (χ0v) is 13.7. The molecule has 0 aromatic heterocycles. The lowest BCUT2D eigenvalue weighted by molar-refractivity contribution is 0.0779. The van der Waals surface area contributed by atoms with Crippen LogP contribution in [0.25, 0.3) is 0 Å². The number of rotatable bonds is 4. The van der Waals surface area contributed by atoms with Gasteiger partial charge in [-0.15, -0.1) is 0 Å². The van der Waals surface area contributed by atoms with Gasteiger partial charge in [0.1, 0.15) is 5.82 Å². The molecule has 1 saturated carbocycles. The van der Waals surface area contributed by atoms with E-state index in [1.54, 1.807) is 12.1 Å². The number of nitrogens with zero attached hydrogens (tertiary/aromatic N) is 1. The Morgan fingerprint density at radius 3 is 2.64 bits per heavy atom. The number of likely N-dealkylation sites (tertiary alicyclic amines) is 1. The number of hydrogen-bond acceptors (Lipinski definition) is 2. The summed E-state index contributed by atoms with van der Waals surface area (Å²) < 4.78 is 13.0. The predicted molar refractivity (Wildman–Crippen MR) is 89.5 cm³/mol. The van der Waals surface area contributed by atoms with Crippen LogP contribution in [0.15, 0.2) is 24.3 Å². The summed E-state index contributed by atoms with van der Waals surface area (Å²) >= 11 is 0. The molecule has 1 heterocycles. The minimum atomic E-state index is -0.131. The molecule has 3 rings (SSSR count). The van der Waals surface area contributed by atoms with Gasteiger partial charge < -0.3 is 5.32 Å². The number of hydrogen-bond donors (Lipinski definition) is 1. The Bertz CT molecular complexity index is 459.